The van der Waals surface area contributed by atoms with Gasteiger partial charge in [-0.1, -0.05) is 22.9 Å². The Kier molecular flexibility index (Phi) is 8.32. The summed E-state index contributed by atoms with van der Waals surface area (Å²) in [5.41, 5.74) is 2.36. The summed E-state index contributed by atoms with van der Waals surface area (Å²) in [5.74, 6) is 0.947. The third-order valence-corrected chi connectivity index (χ3v) is 5.76. The molecular weight excluding hydrogens is 445 g/mol. The molecule has 9 heteroatoms. The Balaban J connectivity index is 0.00000320. The van der Waals surface area contributed by atoms with E-state index in [-0.39, 0.29) is 18.3 Å². The zero-order chi connectivity index (χ0) is 21.1. The van der Waals surface area contributed by atoms with Crippen LogP contribution in [0, 0.1) is 6.92 Å². The fraction of sp³-hybridized carbons (Fsp3) is 0.333. The smallest absolute Gasteiger partial charge is 0.260 e. The normalized spacial score (nSPS) is 10.8. The third-order valence-electron chi connectivity index (χ3n) is 4.52. The van der Waals surface area contributed by atoms with E-state index in [1.54, 1.807) is 37.3 Å². The maximum absolute atomic E-state index is 13.4. The van der Waals surface area contributed by atoms with Gasteiger partial charge in [0.25, 0.3) is 5.91 Å². The average Bonchev–Trinajstić information content (AvgIpc) is 3.11. The lowest BCUT2D eigenvalue weighted by atomic mass is 10.1. The van der Waals surface area contributed by atoms with E-state index in [4.69, 9.17) is 26.1 Å². The first-order valence-electron chi connectivity index (χ1n) is 9.09. The molecule has 0 aliphatic heterocycles. The summed E-state index contributed by atoms with van der Waals surface area (Å²) in [6.45, 7) is 3.18. The van der Waals surface area contributed by atoms with Crippen LogP contribution in [-0.4, -0.2) is 57.2 Å². The summed E-state index contributed by atoms with van der Waals surface area (Å²) < 4.78 is 11.6. The van der Waals surface area contributed by atoms with Crippen LogP contribution in [0.2, 0.25) is 5.02 Å². The molecule has 0 atom stereocenters. The number of methoxy groups -OCH3 is 2. The molecule has 0 saturated heterocycles. The highest BCUT2D eigenvalue weighted by Crippen LogP contribution is 2.34. The molecule has 3 aromatic rings. The number of ether oxygens (including phenoxy) is 2. The zero-order valence-electron chi connectivity index (χ0n) is 17.6. The van der Waals surface area contributed by atoms with E-state index < -0.39 is 0 Å². The summed E-state index contributed by atoms with van der Waals surface area (Å²) in [6, 6.07) is 8.93. The van der Waals surface area contributed by atoms with Crippen LogP contribution < -0.4 is 14.4 Å². The van der Waals surface area contributed by atoms with Crippen molar-refractivity contribution in [1.29, 1.82) is 0 Å². The molecule has 0 fully saturated rings. The van der Waals surface area contributed by atoms with Crippen LogP contribution in [0.4, 0.5) is 5.13 Å². The van der Waals surface area contributed by atoms with E-state index >= 15 is 0 Å². The van der Waals surface area contributed by atoms with Gasteiger partial charge in [-0.05, 0) is 56.9 Å². The first kappa shape index (κ1) is 24.2. The van der Waals surface area contributed by atoms with Crippen molar-refractivity contribution in [1.82, 2.24) is 9.88 Å². The van der Waals surface area contributed by atoms with E-state index in [1.807, 2.05) is 38.1 Å². The van der Waals surface area contributed by atoms with Crippen molar-refractivity contribution in [3.05, 3.63) is 46.5 Å². The molecule has 30 heavy (non-hydrogen) atoms. The highest BCUT2D eigenvalue weighted by Gasteiger charge is 2.23. The summed E-state index contributed by atoms with van der Waals surface area (Å²) in [4.78, 5) is 21.9. The second-order valence-electron chi connectivity index (χ2n) is 6.90. The molecule has 0 bridgehead atoms. The van der Waals surface area contributed by atoms with Crippen molar-refractivity contribution in [3.8, 4) is 11.5 Å². The molecule has 0 aliphatic rings. The topological polar surface area (TPSA) is 54.9 Å². The average molecular weight is 470 g/mol. The fourth-order valence-electron chi connectivity index (χ4n) is 2.97. The van der Waals surface area contributed by atoms with Crippen LogP contribution in [0.15, 0.2) is 30.3 Å². The number of halogens is 2. The number of aryl methyl sites for hydroxylation is 1. The minimum atomic E-state index is -0.143. The van der Waals surface area contributed by atoms with Crippen LogP contribution >= 0.6 is 35.3 Å². The highest BCUT2D eigenvalue weighted by atomic mass is 35.5. The number of carbonyl (C=O) groups excluding carboxylic acids is 1. The van der Waals surface area contributed by atoms with E-state index in [0.29, 0.717) is 40.3 Å². The largest absolute Gasteiger partial charge is 0.493 e. The van der Waals surface area contributed by atoms with Crippen molar-refractivity contribution in [2.45, 2.75) is 6.92 Å². The zero-order valence-corrected chi connectivity index (χ0v) is 20.0. The van der Waals surface area contributed by atoms with Crippen LogP contribution in [0.3, 0.4) is 0 Å². The Morgan fingerprint density at radius 3 is 2.43 bits per heavy atom. The summed E-state index contributed by atoms with van der Waals surface area (Å²) >= 11 is 7.66. The molecule has 6 nitrogen and oxygen atoms in total. The minimum absolute atomic E-state index is 0. The SMILES string of the molecule is COc1ccc(C(=O)N(CCN(C)C)c2nc3c(C)cc(Cl)cc3s2)cc1OC.Cl. The van der Waals surface area contributed by atoms with Crippen molar-refractivity contribution in [2.24, 2.45) is 0 Å². The minimum Gasteiger partial charge on any atom is -0.493 e. The molecule has 162 valence electrons. The number of carbonyl (C=O) groups is 1. The molecule has 1 heterocycles. The van der Waals surface area contributed by atoms with Crippen molar-refractivity contribution < 1.29 is 14.3 Å². The van der Waals surface area contributed by atoms with Gasteiger partial charge in [-0.15, -0.1) is 12.4 Å². The van der Waals surface area contributed by atoms with Gasteiger partial charge in [-0.3, -0.25) is 9.69 Å². The number of thiazole rings is 1. The Morgan fingerprint density at radius 2 is 1.80 bits per heavy atom. The highest BCUT2D eigenvalue weighted by molar-refractivity contribution is 7.22. The number of fused-ring (bicyclic) bond motifs is 1. The van der Waals surface area contributed by atoms with Crippen molar-refractivity contribution in [2.75, 3.05) is 46.3 Å². The summed E-state index contributed by atoms with van der Waals surface area (Å²) in [7, 11) is 7.07. The maximum atomic E-state index is 13.4. The second kappa shape index (κ2) is 10.3. The number of anilines is 1. The summed E-state index contributed by atoms with van der Waals surface area (Å²) in [6.07, 6.45) is 0. The number of likely N-dealkylation sites (N-methyl/N-ethyl adjacent to an activating group) is 1. The van der Waals surface area contributed by atoms with E-state index in [2.05, 4.69) is 0 Å². The van der Waals surface area contributed by atoms with Crippen molar-refractivity contribution in [3.63, 3.8) is 0 Å². The number of rotatable bonds is 7. The molecule has 0 saturated carbocycles. The summed E-state index contributed by atoms with van der Waals surface area (Å²) in [5, 5.41) is 1.31. The lowest BCUT2D eigenvalue weighted by Crippen LogP contribution is -2.36. The quantitative estimate of drug-likeness (QED) is 0.492. The van der Waals surface area contributed by atoms with Crippen LogP contribution in [0.1, 0.15) is 15.9 Å². The molecule has 1 aromatic heterocycles. The molecule has 0 aliphatic carbocycles. The molecule has 0 N–H and O–H groups in total. The number of aromatic nitrogens is 1. The van der Waals surface area contributed by atoms with Gasteiger partial charge in [0.15, 0.2) is 16.6 Å². The molecule has 3 rings (SSSR count). The van der Waals surface area contributed by atoms with Gasteiger partial charge in [0.2, 0.25) is 0 Å². The third kappa shape index (κ3) is 5.16. The first-order chi connectivity index (χ1) is 13.8. The Labute approximate surface area is 191 Å². The Bertz CT molecular complexity index is 1040. The van der Waals surface area contributed by atoms with Gasteiger partial charge in [0, 0.05) is 23.7 Å². The Hall–Kier alpha value is -2.06. The lowest BCUT2D eigenvalue weighted by molar-refractivity contribution is 0.0985. The van der Waals surface area contributed by atoms with E-state index in [9.17, 15) is 4.79 Å². The van der Waals surface area contributed by atoms with E-state index in [1.165, 1.54) is 11.3 Å². The maximum Gasteiger partial charge on any atom is 0.260 e. The number of amides is 1. The van der Waals surface area contributed by atoms with Crippen molar-refractivity contribution >= 4 is 56.6 Å². The van der Waals surface area contributed by atoms with Crippen LogP contribution in [-0.2, 0) is 0 Å². The number of nitrogens with zero attached hydrogens (tertiary/aromatic N) is 3. The predicted molar refractivity (Wildman–Crippen MR) is 126 cm³/mol. The van der Waals surface area contributed by atoms with Gasteiger partial charge >= 0.3 is 0 Å². The van der Waals surface area contributed by atoms with Crippen LogP contribution in [0.25, 0.3) is 10.2 Å². The second-order valence-corrected chi connectivity index (χ2v) is 8.34. The lowest BCUT2D eigenvalue weighted by Gasteiger charge is -2.22. The molecule has 0 unspecified atom stereocenters. The number of hydrogen-bond donors (Lipinski definition) is 0. The first-order valence-corrected chi connectivity index (χ1v) is 10.3. The van der Waals surface area contributed by atoms with Gasteiger partial charge in [-0.25, -0.2) is 4.98 Å². The van der Waals surface area contributed by atoms with Gasteiger partial charge in [0.1, 0.15) is 0 Å². The van der Waals surface area contributed by atoms with Crippen LogP contribution in [0.5, 0.6) is 11.5 Å². The van der Waals surface area contributed by atoms with Gasteiger partial charge in [-0.2, -0.15) is 0 Å². The number of hydrogen-bond acceptors (Lipinski definition) is 6. The van der Waals surface area contributed by atoms with Gasteiger partial charge in [0.05, 0.1) is 24.4 Å². The molecule has 0 spiro atoms. The Morgan fingerprint density at radius 1 is 1.10 bits per heavy atom. The molecule has 1 amide bonds. The standard InChI is InChI=1S/C21H24ClN3O3S.ClH/c1-13-10-15(22)12-18-19(13)23-21(29-18)25(9-8-24(2)3)20(26)14-6-7-16(27-4)17(11-14)28-5;/h6-7,10-12H,8-9H2,1-5H3;1H. The van der Waals surface area contributed by atoms with Gasteiger partial charge < -0.3 is 14.4 Å². The molecule has 2 aromatic carbocycles. The van der Waals surface area contributed by atoms with E-state index in [0.717, 1.165) is 15.8 Å². The molecule has 0 radical (unpaired) electrons. The predicted octanol–water partition coefficient (Wildman–Crippen LogP) is 4.91. The fourth-order valence-corrected chi connectivity index (χ4v) is 4.41. The monoisotopic (exact) mass is 469 g/mol. The molecular formula is C21H25Cl2N3O3S. The number of benzene rings is 2.